The summed E-state index contributed by atoms with van der Waals surface area (Å²) in [4.78, 5) is 6.35. The number of morpholine rings is 1. The summed E-state index contributed by atoms with van der Waals surface area (Å²) in [5.74, 6) is 0. The van der Waals surface area contributed by atoms with E-state index in [1.807, 2.05) is 12.1 Å². The first-order chi connectivity index (χ1) is 8.77. The van der Waals surface area contributed by atoms with E-state index < -0.39 is 0 Å². The third kappa shape index (κ3) is 2.45. The van der Waals surface area contributed by atoms with Gasteiger partial charge in [-0.3, -0.25) is 4.90 Å². The molecule has 2 heterocycles. The van der Waals surface area contributed by atoms with Gasteiger partial charge in [0.25, 0.3) is 0 Å². The molecule has 2 N–H and O–H groups in total. The van der Waals surface area contributed by atoms with Gasteiger partial charge in [0.15, 0.2) is 5.69 Å². The minimum atomic E-state index is 0.240. The average Bonchev–Trinajstić information content (AvgIpc) is 2.43. The summed E-state index contributed by atoms with van der Waals surface area (Å²) in [7, 11) is 0. The van der Waals surface area contributed by atoms with Crippen molar-refractivity contribution < 1.29 is 4.74 Å². The maximum atomic E-state index is 8.98. The van der Waals surface area contributed by atoms with Crippen molar-refractivity contribution in [1.29, 1.82) is 5.26 Å². The SMILES string of the molecule is CCC(c1ccnc(C#N)c1N)N1CCOCC1. The summed E-state index contributed by atoms with van der Waals surface area (Å²) in [5, 5.41) is 8.98. The fourth-order valence-corrected chi connectivity index (χ4v) is 2.43. The fraction of sp³-hybridized carbons (Fsp3) is 0.538. The molecule has 0 amide bonds. The van der Waals surface area contributed by atoms with Crippen LogP contribution in [0.3, 0.4) is 0 Å². The Morgan fingerprint density at radius 2 is 2.28 bits per heavy atom. The minimum absolute atomic E-state index is 0.240. The molecule has 0 radical (unpaired) electrons. The second-order valence-corrected chi connectivity index (χ2v) is 4.35. The molecule has 0 spiro atoms. The summed E-state index contributed by atoms with van der Waals surface area (Å²) < 4.78 is 5.37. The zero-order valence-corrected chi connectivity index (χ0v) is 10.6. The third-order valence-corrected chi connectivity index (χ3v) is 3.36. The van der Waals surface area contributed by atoms with E-state index >= 15 is 0 Å². The van der Waals surface area contributed by atoms with Crippen LogP contribution in [0.15, 0.2) is 12.3 Å². The van der Waals surface area contributed by atoms with Gasteiger partial charge in [-0.15, -0.1) is 0 Å². The van der Waals surface area contributed by atoms with Gasteiger partial charge in [0, 0.05) is 25.3 Å². The molecule has 2 rings (SSSR count). The van der Waals surface area contributed by atoms with Gasteiger partial charge >= 0.3 is 0 Å². The number of aromatic nitrogens is 1. The lowest BCUT2D eigenvalue weighted by atomic mass is 10.0. The first-order valence-electron chi connectivity index (χ1n) is 6.24. The number of anilines is 1. The van der Waals surface area contributed by atoms with Crippen molar-refractivity contribution in [3.63, 3.8) is 0 Å². The smallest absolute Gasteiger partial charge is 0.163 e. The van der Waals surface area contributed by atoms with Crippen molar-refractivity contribution in [3.8, 4) is 6.07 Å². The highest BCUT2D eigenvalue weighted by Gasteiger charge is 2.23. The number of pyridine rings is 1. The normalized spacial score (nSPS) is 18.2. The zero-order chi connectivity index (χ0) is 13.0. The number of nitrogens with two attached hydrogens (primary N) is 1. The number of nitrogen functional groups attached to an aromatic ring is 1. The Bertz CT molecular complexity index is 449. The Balaban J connectivity index is 2.29. The summed E-state index contributed by atoms with van der Waals surface area (Å²) >= 11 is 0. The van der Waals surface area contributed by atoms with Crippen molar-refractivity contribution in [2.45, 2.75) is 19.4 Å². The summed E-state index contributed by atoms with van der Waals surface area (Å²) in [6.07, 6.45) is 2.62. The molecule has 0 bridgehead atoms. The van der Waals surface area contributed by atoms with Gasteiger partial charge in [0.2, 0.25) is 0 Å². The molecule has 0 aromatic carbocycles. The molecule has 0 aliphatic carbocycles. The topological polar surface area (TPSA) is 75.2 Å². The Labute approximate surface area is 107 Å². The molecule has 96 valence electrons. The standard InChI is InChI=1S/C13H18N4O/c1-2-12(17-5-7-18-8-6-17)10-3-4-16-11(9-14)13(10)15/h3-4,12H,2,5-8,15H2,1H3. The lowest BCUT2D eigenvalue weighted by Gasteiger charge is -2.34. The van der Waals surface area contributed by atoms with Crippen LogP contribution in [-0.4, -0.2) is 36.2 Å². The Morgan fingerprint density at radius 3 is 2.89 bits per heavy atom. The molecule has 5 nitrogen and oxygen atoms in total. The third-order valence-electron chi connectivity index (χ3n) is 3.36. The number of hydrogen-bond donors (Lipinski definition) is 1. The molecule has 1 unspecified atom stereocenters. The number of hydrogen-bond acceptors (Lipinski definition) is 5. The Morgan fingerprint density at radius 1 is 1.56 bits per heavy atom. The molecule has 1 aliphatic heterocycles. The van der Waals surface area contributed by atoms with Crippen molar-refractivity contribution >= 4 is 5.69 Å². The van der Waals surface area contributed by atoms with Crippen LogP contribution >= 0.6 is 0 Å². The highest BCUT2D eigenvalue weighted by atomic mass is 16.5. The Kier molecular flexibility index (Phi) is 4.13. The van der Waals surface area contributed by atoms with E-state index in [1.165, 1.54) is 0 Å². The molecule has 1 atom stereocenters. The molecule has 1 saturated heterocycles. The van der Waals surface area contributed by atoms with Crippen LogP contribution in [0.4, 0.5) is 5.69 Å². The summed E-state index contributed by atoms with van der Waals surface area (Å²) in [6.45, 7) is 5.45. The number of nitrogens with zero attached hydrogens (tertiary/aromatic N) is 3. The fourth-order valence-electron chi connectivity index (χ4n) is 2.43. The lowest BCUT2D eigenvalue weighted by molar-refractivity contribution is 0.0154. The van der Waals surface area contributed by atoms with Crippen LogP contribution in [0, 0.1) is 11.3 Å². The Hall–Kier alpha value is -1.64. The number of ether oxygens (including phenoxy) is 1. The molecule has 18 heavy (non-hydrogen) atoms. The monoisotopic (exact) mass is 246 g/mol. The lowest BCUT2D eigenvalue weighted by Crippen LogP contribution is -2.39. The van der Waals surface area contributed by atoms with Gasteiger partial charge in [-0.2, -0.15) is 5.26 Å². The van der Waals surface area contributed by atoms with Gasteiger partial charge in [-0.05, 0) is 18.1 Å². The summed E-state index contributed by atoms with van der Waals surface area (Å²) in [5.41, 5.74) is 7.87. The molecule has 5 heteroatoms. The summed E-state index contributed by atoms with van der Waals surface area (Å²) in [6, 6.07) is 4.19. The first-order valence-corrected chi connectivity index (χ1v) is 6.24. The molecule has 1 aromatic heterocycles. The van der Waals surface area contributed by atoms with Crippen LogP contribution in [-0.2, 0) is 4.74 Å². The van der Waals surface area contributed by atoms with Crippen molar-refractivity contribution in [3.05, 3.63) is 23.5 Å². The van der Waals surface area contributed by atoms with Gasteiger partial charge < -0.3 is 10.5 Å². The maximum Gasteiger partial charge on any atom is 0.163 e. The van der Waals surface area contributed by atoms with E-state index in [0.29, 0.717) is 11.4 Å². The number of nitriles is 1. The van der Waals surface area contributed by atoms with Crippen molar-refractivity contribution in [2.24, 2.45) is 0 Å². The quantitative estimate of drug-likeness (QED) is 0.870. The largest absolute Gasteiger partial charge is 0.396 e. The van der Waals surface area contributed by atoms with Crippen molar-refractivity contribution in [1.82, 2.24) is 9.88 Å². The molecule has 1 aromatic rings. The van der Waals surface area contributed by atoms with Crippen molar-refractivity contribution in [2.75, 3.05) is 32.0 Å². The van der Waals surface area contributed by atoms with Crippen LogP contribution in [0.25, 0.3) is 0 Å². The predicted octanol–water partition coefficient (Wildman–Crippen LogP) is 1.32. The second-order valence-electron chi connectivity index (χ2n) is 4.35. The van der Waals surface area contributed by atoms with E-state index in [-0.39, 0.29) is 6.04 Å². The highest BCUT2D eigenvalue weighted by Crippen LogP contribution is 2.30. The van der Waals surface area contributed by atoms with E-state index in [2.05, 4.69) is 16.8 Å². The van der Waals surface area contributed by atoms with Gasteiger partial charge in [-0.1, -0.05) is 6.92 Å². The molecule has 1 fully saturated rings. The second kappa shape index (κ2) is 5.80. The van der Waals surface area contributed by atoms with Crippen LogP contribution in [0.5, 0.6) is 0 Å². The van der Waals surface area contributed by atoms with Gasteiger partial charge in [0.1, 0.15) is 6.07 Å². The average molecular weight is 246 g/mol. The maximum absolute atomic E-state index is 8.98. The molecule has 1 aliphatic rings. The van der Waals surface area contributed by atoms with Crippen LogP contribution in [0.2, 0.25) is 0 Å². The first kappa shape index (κ1) is 12.8. The van der Waals surface area contributed by atoms with E-state index in [9.17, 15) is 0 Å². The predicted molar refractivity (Wildman–Crippen MR) is 68.8 cm³/mol. The van der Waals surface area contributed by atoms with Crippen LogP contribution in [0.1, 0.15) is 30.6 Å². The molecule has 0 saturated carbocycles. The van der Waals surface area contributed by atoms with Gasteiger partial charge in [0.05, 0.1) is 18.9 Å². The van der Waals surface area contributed by atoms with E-state index in [4.69, 9.17) is 15.7 Å². The van der Waals surface area contributed by atoms with E-state index in [1.54, 1.807) is 6.20 Å². The highest BCUT2D eigenvalue weighted by molar-refractivity contribution is 5.56. The minimum Gasteiger partial charge on any atom is -0.396 e. The molecular weight excluding hydrogens is 228 g/mol. The zero-order valence-electron chi connectivity index (χ0n) is 10.6. The molecular formula is C13H18N4O. The van der Waals surface area contributed by atoms with Gasteiger partial charge in [-0.25, -0.2) is 4.98 Å². The van der Waals surface area contributed by atoms with Crippen LogP contribution < -0.4 is 5.73 Å². The number of rotatable bonds is 3. The van der Waals surface area contributed by atoms with E-state index in [0.717, 1.165) is 38.3 Å².